The molecular formula is C22H18F2N2O4S. The van der Waals surface area contributed by atoms with Crippen LogP contribution < -0.4 is 14.4 Å². The van der Waals surface area contributed by atoms with Crippen molar-refractivity contribution in [3.8, 4) is 16.9 Å². The fourth-order valence-electron chi connectivity index (χ4n) is 3.35. The molecule has 3 aromatic carbocycles. The number of rotatable bonds is 6. The first kappa shape index (κ1) is 20.8. The predicted molar refractivity (Wildman–Crippen MR) is 111 cm³/mol. The molecule has 9 heteroatoms. The lowest BCUT2D eigenvalue weighted by Gasteiger charge is -2.31. The van der Waals surface area contributed by atoms with Gasteiger partial charge in [-0.1, -0.05) is 18.2 Å². The summed E-state index contributed by atoms with van der Waals surface area (Å²) in [6.07, 6.45) is 0. The molecular weight excluding hydrogens is 426 g/mol. The quantitative estimate of drug-likeness (QED) is 0.592. The van der Waals surface area contributed by atoms with E-state index in [4.69, 9.17) is 4.74 Å². The number of benzene rings is 3. The highest BCUT2D eigenvalue weighted by Crippen LogP contribution is 2.42. The molecule has 4 rings (SSSR count). The van der Waals surface area contributed by atoms with Gasteiger partial charge in [0.15, 0.2) is 0 Å². The molecule has 1 aliphatic rings. The number of nitrogens with zero attached hydrogens (tertiary/aromatic N) is 1. The zero-order chi connectivity index (χ0) is 22.0. The second-order valence-electron chi connectivity index (χ2n) is 6.82. The highest BCUT2D eigenvalue weighted by atomic mass is 32.2. The molecule has 0 bridgehead atoms. The van der Waals surface area contributed by atoms with Crippen LogP contribution >= 0.6 is 0 Å². The highest BCUT2D eigenvalue weighted by molar-refractivity contribution is 7.93. The number of nitrogens with one attached hydrogen (secondary N) is 1. The van der Waals surface area contributed by atoms with Crippen molar-refractivity contribution in [2.45, 2.75) is 4.90 Å². The van der Waals surface area contributed by atoms with E-state index in [0.29, 0.717) is 16.9 Å². The second-order valence-corrected chi connectivity index (χ2v) is 8.65. The Kier molecular flexibility index (Phi) is 5.60. The first-order chi connectivity index (χ1) is 14.9. The number of ether oxygens (including phenoxy) is 1. The summed E-state index contributed by atoms with van der Waals surface area (Å²) in [5, 5.41) is 2.60. The van der Waals surface area contributed by atoms with Crippen molar-refractivity contribution in [3.63, 3.8) is 0 Å². The van der Waals surface area contributed by atoms with Crippen molar-refractivity contribution in [1.82, 2.24) is 5.32 Å². The number of anilines is 1. The van der Waals surface area contributed by atoms with Crippen LogP contribution in [0.5, 0.6) is 5.75 Å². The van der Waals surface area contributed by atoms with E-state index in [1.165, 1.54) is 42.5 Å². The maximum atomic E-state index is 13.9. The van der Waals surface area contributed by atoms with Crippen molar-refractivity contribution in [2.75, 3.05) is 24.0 Å². The van der Waals surface area contributed by atoms with E-state index < -0.39 is 28.3 Å². The SMILES string of the molecule is O=C(CN1c2ccc(F)cc2-c2ccccc2S1(=O)=O)NCCOc1ccc(F)cc1. The van der Waals surface area contributed by atoms with Crippen molar-refractivity contribution in [1.29, 1.82) is 0 Å². The van der Waals surface area contributed by atoms with Gasteiger partial charge in [-0.15, -0.1) is 0 Å². The zero-order valence-corrected chi connectivity index (χ0v) is 17.0. The van der Waals surface area contributed by atoms with Crippen LogP contribution in [-0.4, -0.2) is 34.0 Å². The van der Waals surface area contributed by atoms with Gasteiger partial charge in [0.2, 0.25) is 5.91 Å². The molecule has 1 N–H and O–H groups in total. The van der Waals surface area contributed by atoms with Gasteiger partial charge in [0, 0.05) is 11.1 Å². The number of amides is 1. The smallest absolute Gasteiger partial charge is 0.265 e. The lowest BCUT2D eigenvalue weighted by molar-refractivity contribution is -0.119. The molecule has 0 aromatic heterocycles. The van der Waals surface area contributed by atoms with E-state index in [2.05, 4.69) is 5.32 Å². The maximum Gasteiger partial charge on any atom is 0.265 e. The standard InChI is InChI=1S/C22H18F2N2O4S/c23-15-5-8-17(9-6-15)30-12-11-25-22(27)14-26-20-10-7-16(24)13-19(20)18-3-1-2-4-21(18)31(26,28)29/h1-10,13H,11-12,14H2,(H,25,27). The molecule has 1 heterocycles. The third kappa shape index (κ3) is 4.22. The van der Waals surface area contributed by atoms with Crippen LogP contribution in [0.1, 0.15) is 0 Å². The largest absolute Gasteiger partial charge is 0.492 e. The number of sulfonamides is 1. The van der Waals surface area contributed by atoms with Crippen molar-refractivity contribution in [3.05, 3.63) is 78.4 Å². The molecule has 0 atom stereocenters. The minimum absolute atomic E-state index is 0.0144. The third-order valence-electron chi connectivity index (χ3n) is 4.77. The molecule has 0 saturated heterocycles. The van der Waals surface area contributed by atoms with Crippen LogP contribution in [0.15, 0.2) is 71.6 Å². The van der Waals surface area contributed by atoms with Gasteiger partial charge in [0.05, 0.1) is 17.1 Å². The van der Waals surface area contributed by atoms with Gasteiger partial charge in [-0.2, -0.15) is 0 Å². The van der Waals surface area contributed by atoms with Crippen LogP contribution in [0.25, 0.3) is 11.1 Å². The normalized spacial score (nSPS) is 13.8. The fraction of sp³-hybridized carbons (Fsp3) is 0.136. The number of fused-ring (bicyclic) bond motifs is 3. The lowest BCUT2D eigenvalue weighted by atomic mass is 10.0. The van der Waals surface area contributed by atoms with E-state index in [1.54, 1.807) is 18.2 Å². The summed E-state index contributed by atoms with van der Waals surface area (Å²) in [6, 6.07) is 15.5. The molecule has 0 saturated carbocycles. The average molecular weight is 444 g/mol. The molecule has 0 radical (unpaired) electrons. The summed E-state index contributed by atoms with van der Waals surface area (Å²) in [7, 11) is -4.00. The number of carbonyl (C=O) groups is 1. The maximum absolute atomic E-state index is 13.9. The topological polar surface area (TPSA) is 75.7 Å². The molecule has 31 heavy (non-hydrogen) atoms. The Morgan fingerprint density at radius 1 is 0.935 bits per heavy atom. The third-order valence-corrected chi connectivity index (χ3v) is 6.58. The Balaban J connectivity index is 1.47. The Bertz CT molecular complexity index is 1230. The van der Waals surface area contributed by atoms with Crippen LogP contribution in [0, 0.1) is 11.6 Å². The van der Waals surface area contributed by atoms with Crippen molar-refractivity contribution in [2.24, 2.45) is 0 Å². The number of hydrogen-bond donors (Lipinski definition) is 1. The van der Waals surface area contributed by atoms with Gasteiger partial charge < -0.3 is 10.1 Å². The zero-order valence-electron chi connectivity index (χ0n) is 16.2. The molecule has 3 aromatic rings. The van der Waals surface area contributed by atoms with Crippen LogP contribution in [0.3, 0.4) is 0 Å². The molecule has 1 aliphatic heterocycles. The highest BCUT2D eigenvalue weighted by Gasteiger charge is 2.35. The lowest BCUT2D eigenvalue weighted by Crippen LogP contribution is -2.43. The summed E-state index contributed by atoms with van der Waals surface area (Å²) in [5.74, 6) is -0.983. The minimum atomic E-state index is -4.00. The van der Waals surface area contributed by atoms with Gasteiger partial charge in [0.25, 0.3) is 10.0 Å². The van der Waals surface area contributed by atoms with Gasteiger partial charge in [-0.05, 0) is 48.5 Å². The Morgan fingerprint density at radius 2 is 1.65 bits per heavy atom. The van der Waals surface area contributed by atoms with E-state index in [-0.39, 0.29) is 29.6 Å². The Labute approximate surface area is 178 Å². The van der Waals surface area contributed by atoms with Gasteiger partial charge in [-0.3, -0.25) is 9.10 Å². The molecule has 1 amide bonds. The van der Waals surface area contributed by atoms with E-state index in [0.717, 1.165) is 10.4 Å². The van der Waals surface area contributed by atoms with Gasteiger partial charge >= 0.3 is 0 Å². The van der Waals surface area contributed by atoms with Gasteiger partial charge in [0.1, 0.15) is 30.5 Å². The van der Waals surface area contributed by atoms with E-state index in [1.807, 2.05) is 0 Å². The Morgan fingerprint density at radius 3 is 2.42 bits per heavy atom. The van der Waals surface area contributed by atoms with E-state index >= 15 is 0 Å². The minimum Gasteiger partial charge on any atom is -0.492 e. The molecule has 6 nitrogen and oxygen atoms in total. The first-order valence-electron chi connectivity index (χ1n) is 9.43. The van der Waals surface area contributed by atoms with E-state index in [9.17, 15) is 22.0 Å². The van der Waals surface area contributed by atoms with Crippen LogP contribution in [-0.2, 0) is 14.8 Å². The molecule has 0 unspecified atom stereocenters. The number of carbonyl (C=O) groups excluding carboxylic acids is 1. The Hall–Kier alpha value is -3.46. The summed E-state index contributed by atoms with van der Waals surface area (Å²) < 4.78 is 59.4. The van der Waals surface area contributed by atoms with Gasteiger partial charge in [-0.25, -0.2) is 17.2 Å². The first-order valence-corrected chi connectivity index (χ1v) is 10.9. The number of halogens is 2. The molecule has 0 fully saturated rings. The van der Waals surface area contributed by atoms with Crippen LogP contribution in [0.2, 0.25) is 0 Å². The molecule has 0 aliphatic carbocycles. The molecule has 160 valence electrons. The number of hydrogen-bond acceptors (Lipinski definition) is 4. The summed E-state index contributed by atoms with van der Waals surface area (Å²) in [4.78, 5) is 12.5. The fourth-order valence-corrected chi connectivity index (χ4v) is 5.00. The average Bonchev–Trinajstić information content (AvgIpc) is 2.76. The summed E-state index contributed by atoms with van der Waals surface area (Å²) in [5.41, 5.74) is 1.03. The van der Waals surface area contributed by atoms with Crippen molar-refractivity contribution < 1.29 is 26.7 Å². The predicted octanol–water partition coefficient (Wildman–Crippen LogP) is 3.34. The summed E-state index contributed by atoms with van der Waals surface area (Å²) >= 11 is 0. The van der Waals surface area contributed by atoms with Crippen LogP contribution in [0.4, 0.5) is 14.5 Å². The van der Waals surface area contributed by atoms with Crippen molar-refractivity contribution >= 4 is 21.6 Å². The summed E-state index contributed by atoms with van der Waals surface area (Å²) in [6.45, 7) is -0.225. The molecule has 0 spiro atoms. The monoisotopic (exact) mass is 444 g/mol. The second kappa shape index (κ2) is 8.35.